The second-order valence-electron chi connectivity index (χ2n) is 6.16. The highest BCUT2D eigenvalue weighted by Crippen LogP contribution is 2.27. The molecule has 1 atom stereocenters. The number of likely N-dealkylation sites (tertiary alicyclic amines) is 1. The molecule has 2 amide bonds. The Morgan fingerprint density at radius 3 is 2.50 bits per heavy atom. The van der Waals surface area contributed by atoms with E-state index >= 15 is 0 Å². The Hall–Kier alpha value is -2.14. The zero-order valence-electron chi connectivity index (χ0n) is 13.0. The van der Waals surface area contributed by atoms with Crippen molar-refractivity contribution in [2.24, 2.45) is 5.73 Å². The van der Waals surface area contributed by atoms with Crippen LogP contribution < -0.4 is 5.73 Å². The third kappa shape index (κ3) is 3.74. The van der Waals surface area contributed by atoms with E-state index in [1.807, 2.05) is 0 Å². The van der Waals surface area contributed by atoms with Crippen molar-refractivity contribution in [3.05, 3.63) is 41.5 Å². The van der Waals surface area contributed by atoms with Crippen LogP contribution in [-0.4, -0.2) is 40.0 Å². The molecule has 5 heteroatoms. The van der Waals surface area contributed by atoms with Gasteiger partial charge in [-0.1, -0.05) is 12.1 Å². The van der Waals surface area contributed by atoms with Gasteiger partial charge >= 0.3 is 0 Å². The lowest BCUT2D eigenvalue weighted by atomic mass is 9.96. The first-order chi connectivity index (χ1) is 10.3. The topological polar surface area (TPSA) is 83.6 Å². The van der Waals surface area contributed by atoms with E-state index in [1.54, 1.807) is 49.1 Å². The van der Waals surface area contributed by atoms with E-state index in [1.165, 1.54) is 6.08 Å². The van der Waals surface area contributed by atoms with E-state index in [4.69, 9.17) is 5.73 Å². The van der Waals surface area contributed by atoms with Gasteiger partial charge in [-0.2, -0.15) is 0 Å². The van der Waals surface area contributed by atoms with Crippen molar-refractivity contribution in [2.45, 2.75) is 38.3 Å². The van der Waals surface area contributed by atoms with Crippen molar-refractivity contribution in [3.63, 3.8) is 0 Å². The molecular weight excluding hydrogens is 280 g/mol. The minimum atomic E-state index is -0.900. The molecule has 1 heterocycles. The monoisotopic (exact) mass is 302 g/mol. The smallest absolute Gasteiger partial charge is 0.248 e. The van der Waals surface area contributed by atoms with Gasteiger partial charge in [-0.25, -0.2) is 0 Å². The van der Waals surface area contributed by atoms with Crippen molar-refractivity contribution >= 4 is 17.9 Å². The Morgan fingerprint density at radius 2 is 1.95 bits per heavy atom. The Kier molecular flexibility index (Phi) is 4.66. The molecule has 22 heavy (non-hydrogen) atoms. The van der Waals surface area contributed by atoms with Crippen LogP contribution in [0.2, 0.25) is 0 Å². The molecule has 0 radical (unpaired) electrons. The molecule has 3 N–H and O–H groups in total. The third-order valence-corrected chi connectivity index (χ3v) is 3.96. The van der Waals surface area contributed by atoms with Gasteiger partial charge in [-0.05, 0) is 50.5 Å². The molecule has 118 valence electrons. The number of carbonyl (C=O) groups is 2. The van der Waals surface area contributed by atoms with Gasteiger partial charge in [-0.15, -0.1) is 0 Å². The standard InChI is InChI=1S/C17H22N2O3/c1-17(2,22)14-4-3-11-19(14)15(20)10-7-12-5-8-13(9-6-12)16(18)21/h5-10,14,22H,3-4,11H2,1-2H3,(H2,18,21)/b10-7+. The summed E-state index contributed by atoms with van der Waals surface area (Å²) in [4.78, 5) is 25.0. The first-order valence-electron chi connectivity index (χ1n) is 7.40. The van der Waals surface area contributed by atoms with Crippen molar-refractivity contribution in [1.29, 1.82) is 0 Å². The summed E-state index contributed by atoms with van der Waals surface area (Å²) in [6, 6.07) is 6.58. The molecule has 1 saturated heterocycles. The number of aliphatic hydroxyl groups is 1. The molecule has 5 nitrogen and oxygen atoms in total. The molecular formula is C17H22N2O3. The molecule has 1 aliphatic heterocycles. The zero-order valence-corrected chi connectivity index (χ0v) is 13.0. The van der Waals surface area contributed by atoms with E-state index in [-0.39, 0.29) is 11.9 Å². The average molecular weight is 302 g/mol. The number of carbonyl (C=O) groups excluding carboxylic acids is 2. The number of primary amides is 1. The molecule has 1 aromatic rings. The van der Waals surface area contributed by atoms with Gasteiger partial charge in [0.25, 0.3) is 0 Å². The number of benzene rings is 1. The van der Waals surface area contributed by atoms with Gasteiger partial charge < -0.3 is 15.7 Å². The van der Waals surface area contributed by atoms with Crippen LogP contribution in [0.25, 0.3) is 6.08 Å². The fourth-order valence-corrected chi connectivity index (χ4v) is 2.79. The van der Waals surface area contributed by atoms with Gasteiger partial charge in [0, 0.05) is 18.2 Å². The second kappa shape index (κ2) is 6.32. The van der Waals surface area contributed by atoms with E-state index in [2.05, 4.69) is 0 Å². The molecule has 2 rings (SSSR count). The van der Waals surface area contributed by atoms with Crippen molar-refractivity contribution in [3.8, 4) is 0 Å². The van der Waals surface area contributed by atoms with Crippen molar-refractivity contribution in [1.82, 2.24) is 4.90 Å². The lowest BCUT2D eigenvalue weighted by Crippen LogP contribution is -2.47. The van der Waals surface area contributed by atoms with Crippen LogP contribution in [0.5, 0.6) is 0 Å². The van der Waals surface area contributed by atoms with Gasteiger partial charge in [0.15, 0.2) is 0 Å². The molecule has 1 aliphatic rings. The van der Waals surface area contributed by atoms with Crippen LogP contribution in [0.1, 0.15) is 42.6 Å². The minimum Gasteiger partial charge on any atom is -0.388 e. The SMILES string of the molecule is CC(C)(O)C1CCCN1C(=O)/C=C/c1ccc(C(N)=O)cc1. The lowest BCUT2D eigenvalue weighted by Gasteiger charge is -2.33. The number of hydrogen-bond donors (Lipinski definition) is 2. The van der Waals surface area contributed by atoms with Crippen LogP contribution in [0.3, 0.4) is 0 Å². The van der Waals surface area contributed by atoms with Crippen LogP contribution in [0.4, 0.5) is 0 Å². The highest BCUT2D eigenvalue weighted by atomic mass is 16.3. The van der Waals surface area contributed by atoms with E-state index < -0.39 is 11.5 Å². The number of hydrogen-bond acceptors (Lipinski definition) is 3. The fourth-order valence-electron chi connectivity index (χ4n) is 2.79. The molecule has 0 aromatic heterocycles. The van der Waals surface area contributed by atoms with Crippen LogP contribution in [-0.2, 0) is 4.79 Å². The number of nitrogens with zero attached hydrogens (tertiary/aromatic N) is 1. The highest BCUT2D eigenvalue weighted by Gasteiger charge is 2.37. The Morgan fingerprint density at radius 1 is 1.32 bits per heavy atom. The Labute approximate surface area is 130 Å². The van der Waals surface area contributed by atoms with Gasteiger partial charge in [0.1, 0.15) is 0 Å². The zero-order chi connectivity index (χ0) is 16.3. The summed E-state index contributed by atoms with van der Waals surface area (Å²) in [5, 5.41) is 10.1. The molecule has 0 aliphatic carbocycles. The average Bonchev–Trinajstić information content (AvgIpc) is 2.94. The summed E-state index contributed by atoms with van der Waals surface area (Å²) in [6.07, 6.45) is 4.92. The van der Waals surface area contributed by atoms with Crippen molar-refractivity contribution in [2.75, 3.05) is 6.54 Å². The maximum absolute atomic E-state index is 12.3. The Balaban J connectivity index is 2.06. The summed E-state index contributed by atoms with van der Waals surface area (Å²) < 4.78 is 0. The van der Waals surface area contributed by atoms with Gasteiger partial charge in [0.2, 0.25) is 11.8 Å². The highest BCUT2D eigenvalue weighted by molar-refractivity contribution is 5.94. The summed E-state index contributed by atoms with van der Waals surface area (Å²) in [7, 11) is 0. The summed E-state index contributed by atoms with van der Waals surface area (Å²) in [6.45, 7) is 4.13. The van der Waals surface area contributed by atoms with E-state index in [0.29, 0.717) is 12.1 Å². The normalized spacial score (nSPS) is 18.9. The first kappa shape index (κ1) is 16.2. The van der Waals surface area contributed by atoms with Crippen LogP contribution in [0, 0.1) is 0 Å². The summed E-state index contributed by atoms with van der Waals surface area (Å²) in [5.74, 6) is -0.583. The number of amides is 2. The summed E-state index contributed by atoms with van der Waals surface area (Å²) >= 11 is 0. The van der Waals surface area contributed by atoms with E-state index in [9.17, 15) is 14.7 Å². The minimum absolute atomic E-state index is 0.108. The largest absolute Gasteiger partial charge is 0.388 e. The third-order valence-electron chi connectivity index (χ3n) is 3.96. The number of rotatable bonds is 4. The van der Waals surface area contributed by atoms with Crippen molar-refractivity contribution < 1.29 is 14.7 Å². The first-order valence-corrected chi connectivity index (χ1v) is 7.40. The quantitative estimate of drug-likeness (QED) is 0.828. The maximum atomic E-state index is 12.3. The second-order valence-corrected chi connectivity index (χ2v) is 6.16. The predicted molar refractivity (Wildman–Crippen MR) is 85.0 cm³/mol. The molecule has 0 spiro atoms. The molecule has 0 saturated carbocycles. The lowest BCUT2D eigenvalue weighted by molar-refractivity contribution is -0.131. The molecule has 1 fully saturated rings. The summed E-state index contributed by atoms with van der Waals surface area (Å²) in [5.41, 5.74) is 5.54. The van der Waals surface area contributed by atoms with Gasteiger partial charge in [-0.3, -0.25) is 9.59 Å². The van der Waals surface area contributed by atoms with Crippen LogP contribution in [0.15, 0.2) is 30.3 Å². The predicted octanol–water partition coefficient (Wildman–Crippen LogP) is 1.56. The molecule has 1 unspecified atom stereocenters. The van der Waals surface area contributed by atoms with Gasteiger partial charge in [0.05, 0.1) is 11.6 Å². The molecule has 1 aromatic carbocycles. The maximum Gasteiger partial charge on any atom is 0.248 e. The Bertz CT molecular complexity index is 585. The van der Waals surface area contributed by atoms with E-state index in [0.717, 1.165) is 18.4 Å². The van der Waals surface area contributed by atoms with Crippen LogP contribution >= 0.6 is 0 Å². The molecule has 0 bridgehead atoms. The number of nitrogens with two attached hydrogens (primary N) is 1. The fraction of sp³-hybridized carbons (Fsp3) is 0.412.